The lowest BCUT2D eigenvalue weighted by Crippen LogP contribution is -2.17. The first-order valence-electron chi connectivity index (χ1n) is 11.5. The molecule has 2 heterocycles. The maximum atomic E-state index is 13.1. The van der Waals surface area contributed by atoms with Crippen LogP contribution in [0.5, 0.6) is 0 Å². The first kappa shape index (κ1) is 27.3. The molecular formula is C28H26FN3OS4. The summed E-state index contributed by atoms with van der Waals surface area (Å²) in [7, 11) is 0. The number of hydrogen-bond acceptors (Lipinski definition) is 7. The third-order valence-corrected chi connectivity index (χ3v) is 8.68. The van der Waals surface area contributed by atoms with Gasteiger partial charge in [0.1, 0.15) is 5.82 Å². The largest absolute Gasteiger partial charge is 0.326 e. The van der Waals surface area contributed by atoms with Crippen LogP contribution in [0, 0.1) is 5.82 Å². The van der Waals surface area contributed by atoms with Gasteiger partial charge in [0, 0.05) is 31.7 Å². The number of H-pyrrole nitrogens is 1. The molecule has 0 spiro atoms. The molecule has 0 bridgehead atoms. The van der Waals surface area contributed by atoms with Crippen molar-refractivity contribution in [3.63, 3.8) is 0 Å². The predicted octanol–water partition coefficient (Wildman–Crippen LogP) is 8.36. The van der Waals surface area contributed by atoms with Crippen molar-refractivity contribution in [1.82, 2.24) is 9.97 Å². The van der Waals surface area contributed by atoms with Gasteiger partial charge in [-0.25, -0.2) is 9.37 Å². The Bertz CT molecular complexity index is 1410. The van der Waals surface area contributed by atoms with E-state index >= 15 is 0 Å². The number of hydrogen-bond donors (Lipinski definition) is 2. The highest BCUT2D eigenvalue weighted by molar-refractivity contribution is 8.07. The zero-order valence-electron chi connectivity index (χ0n) is 20.4. The lowest BCUT2D eigenvalue weighted by Gasteiger charge is -2.11. The summed E-state index contributed by atoms with van der Waals surface area (Å²) in [6.45, 7) is 1.98. The average molecular weight is 568 g/mol. The molecule has 0 aliphatic heterocycles. The molecule has 0 aliphatic carbocycles. The highest BCUT2D eigenvalue weighted by atomic mass is 32.2. The molecule has 2 aromatic heterocycles. The molecular weight excluding hydrogens is 542 g/mol. The summed E-state index contributed by atoms with van der Waals surface area (Å²) in [5.74, 6) is 0.431. The number of nitrogens with one attached hydrogen (secondary N) is 2. The number of thioether (sulfide) groups is 2. The van der Waals surface area contributed by atoms with E-state index in [1.807, 2.05) is 61.0 Å². The lowest BCUT2D eigenvalue weighted by molar-refractivity contribution is 0.626. The van der Waals surface area contributed by atoms with Crippen LogP contribution in [0.1, 0.15) is 28.6 Å². The van der Waals surface area contributed by atoms with E-state index in [4.69, 9.17) is 4.98 Å². The zero-order valence-corrected chi connectivity index (χ0v) is 23.6. The minimum Gasteiger partial charge on any atom is -0.326 e. The molecule has 2 aromatic carbocycles. The van der Waals surface area contributed by atoms with Crippen LogP contribution in [0.25, 0.3) is 11.0 Å². The fourth-order valence-corrected chi connectivity index (χ4v) is 6.04. The van der Waals surface area contributed by atoms with Gasteiger partial charge in [-0.3, -0.25) is 4.79 Å². The van der Waals surface area contributed by atoms with Crippen molar-refractivity contribution >= 4 is 63.5 Å². The minimum atomic E-state index is -0.245. The minimum absolute atomic E-state index is 0.0884. The summed E-state index contributed by atoms with van der Waals surface area (Å²) < 4.78 is 16.3. The second-order valence-electron chi connectivity index (χ2n) is 7.81. The van der Waals surface area contributed by atoms with Gasteiger partial charge in [0.25, 0.3) is 5.56 Å². The summed E-state index contributed by atoms with van der Waals surface area (Å²) in [4.78, 5) is 23.7. The van der Waals surface area contributed by atoms with Crippen molar-refractivity contribution < 1.29 is 4.39 Å². The van der Waals surface area contributed by atoms with E-state index in [-0.39, 0.29) is 11.4 Å². The van der Waals surface area contributed by atoms with E-state index in [2.05, 4.69) is 21.8 Å². The molecule has 4 rings (SSSR count). The third-order valence-electron chi connectivity index (χ3n) is 5.28. The van der Waals surface area contributed by atoms with Crippen molar-refractivity contribution in [3.05, 3.63) is 116 Å². The fraction of sp³-hybridized carbons (Fsp3) is 0.143. The van der Waals surface area contributed by atoms with Crippen molar-refractivity contribution in [1.29, 1.82) is 0 Å². The van der Waals surface area contributed by atoms with Gasteiger partial charge in [0.2, 0.25) is 0 Å². The number of benzene rings is 2. The Morgan fingerprint density at radius 1 is 1.14 bits per heavy atom. The summed E-state index contributed by atoms with van der Waals surface area (Å²) in [5, 5.41) is 2.65. The van der Waals surface area contributed by atoms with E-state index in [1.54, 1.807) is 35.2 Å². The molecule has 0 saturated heterocycles. The van der Waals surface area contributed by atoms with E-state index in [0.717, 1.165) is 26.7 Å². The number of anilines is 1. The van der Waals surface area contributed by atoms with E-state index in [9.17, 15) is 9.18 Å². The number of rotatable bonds is 11. The molecule has 0 aliphatic rings. The fourth-order valence-electron chi connectivity index (χ4n) is 3.38. The van der Waals surface area contributed by atoms with Crippen LogP contribution in [-0.4, -0.2) is 16.2 Å². The third kappa shape index (κ3) is 7.88. The van der Waals surface area contributed by atoms with Crippen LogP contribution in [0.4, 0.5) is 10.1 Å². The number of halogens is 1. The smallest absolute Gasteiger partial charge is 0.255 e. The standard InChI is InChI=1S/C28H26FN3OS4/c1-3-24-26(25(34-2)8-4-6-22-7-5-17-35-22)30-28(31-27(24)33)36-18-19-9-13-21(14-10-19)32-37-23-15-11-20(29)12-16-23/h4-17,32H,3,18H2,1-2H3,(H,30,31,33)/b6-4+,25-8-. The number of allylic oxidation sites excluding steroid dienone is 2. The van der Waals surface area contributed by atoms with E-state index < -0.39 is 0 Å². The van der Waals surface area contributed by atoms with Gasteiger partial charge in [-0.15, -0.1) is 23.1 Å². The SMILES string of the molecule is CCc1c(/C(=C/C=C/c2cccs2)SC)nc(SCc2ccc(NSc3ccc(F)cc3)cc2)[nH]c1=O. The van der Waals surface area contributed by atoms with Crippen molar-refractivity contribution in [2.75, 3.05) is 11.0 Å². The first-order chi connectivity index (χ1) is 18.1. The summed E-state index contributed by atoms with van der Waals surface area (Å²) in [6.07, 6.45) is 8.71. The molecule has 9 heteroatoms. The number of aromatic amines is 1. The Morgan fingerprint density at radius 3 is 2.59 bits per heavy atom. The second kappa shape index (κ2) is 13.7. The van der Waals surface area contributed by atoms with Crippen LogP contribution in [0.2, 0.25) is 0 Å². The molecule has 0 saturated carbocycles. The van der Waals surface area contributed by atoms with Gasteiger partial charge in [-0.1, -0.05) is 43.0 Å². The predicted molar refractivity (Wildman–Crippen MR) is 161 cm³/mol. The van der Waals surface area contributed by atoms with Crippen LogP contribution >= 0.6 is 46.8 Å². The zero-order chi connectivity index (χ0) is 26.0. The number of aromatic nitrogens is 2. The lowest BCUT2D eigenvalue weighted by atomic mass is 10.1. The van der Waals surface area contributed by atoms with Gasteiger partial charge in [-0.05, 0) is 90.2 Å². The molecule has 37 heavy (non-hydrogen) atoms. The molecule has 4 nitrogen and oxygen atoms in total. The highest BCUT2D eigenvalue weighted by Crippen LogP contribution is 2.29. The van der Waals surface area contributed by atoms with Gasteiger partial charge >= 0.3 is 0 Å². The molecule has 0 unspecified atom stereocenters. The topological polar surface area (TPSA) is 57.8 Å². The average Bonchev–Trinajstić information content (AvgIpc) is 3.43. The quantitative estimate of drug-likeness (QED) is 0.0822. The number of nitrogens with zero attached hydrogens (tertiary/aromatic N) is 1. The second-order valence-corrected chi connectivity index (χ2v) is 11.5. The maximum absolute atomic E-state index is 13.1. The highest BCUT2D eigenvalue weighted by Gasteiger charge is 2.14. The Kier molecular flexibility index (Phi) is 10.1. The molecule has 0 fully saturated rings. The summed E-state index contributed by atoms with van der Waals surface area (Å²) in [5.41, 5.74) is 3.42. The van der Waals surface area contributed by atoms with Gasteiger partial charge in [0.15, 0.2) is 5.16 Å². The van der Waals surface area contributed by atoms with Gasteiger partial charge in [0.05, 0.1) is 5.69 Å². The number of thiophene rings is 1. The monoisotopic (exact) mass is 567 g/mol. The van der Waals surface area contributed by atoms with Crippen molar-refractivity contribution in [2.45, 2.75) is 29.1 Å². The Labute approximate surface area is 233 Å². The van der Waals surface area contributed by atoms with Crippen molar-refractivity contribution in [2.24, 2.45) is 0 Å². The molecule has 0 atom stereocenters. The van der Waals surface area contributed by atoms with Crippen LogP contribution in [-0.2, 0) is 12.2 Å². The molecule has 0 amide bonds. The van der Waals surface area contributed by atoms with Crippen LogP contribution < -0.4 is 10.3 Å². The van der Waals surface area contributed by atoms with Gasteiger partial charge < -0.3 is 9.71 Å². The maximum Gasteiger partial charge on any atom is 0.255 e. The Balaban J connectivity index is 1.43. The Hall–Kier alpha value is -2.72. The van der Waals surface area contributed by atoms with E-state index in [0.29, 0.717) is 22.9 Å². The van der Waals surface area contributed by atoms with Gasteiger partial charge in [-0.2, -0.15) is 0 Å². The van der Waals surface area contributed by atoms with Crippen LogP contribution in [0.3, 0.4) is 0 Å². The summed E-state index contributed by atoms with van der Waals surface area (Å²) >= 11 is 6.21. The van der Waals surface area contributed by atoms with Crippen LogP contribution in [0.15, 0.2) is 93.0 Å². The first-order valence-corrected chi connectivity index (χ1v) is 15.5. The molecule has 190 valence electrons. The molecule has 4 aromatic rings. The Morgan fingerprint density at radius 2 is 1.92 bits per heavy atom. The normalized spacial score (nSPS) is 11.8. The molecule has 2 N–H and O–H groups in total. The summed E-state index contributed by atoms with van der Waals surface area (Å²) in [6, 6.07) is 18.6. The molecule has 0 radical (unpaired) electrons. The van der Waals surface area contributed by atoms with Crippen molar-refractivity contribution in [3.8, 4) is 0 Å². The van der Waals surface area contributed by atoms with E-state index in [1.165, 1.54) is 40.7 Å².